The third-order valence-electron chi connectivity index (χ3n) is 4.21. The molecule has 1 amide bonds. The van der Waals surface area contributed by atoms with Crippen LogP contribution in [-0.4, -0.2) is 53.2 Å². The first kappa shape index (κ1) is 15.9. The van der Waals surface area contributed by atoms with Crippen LogP contribution >= 0.6 is 0 Å². The highest BCUT2D eigenvalue weighted by molar-refractivity contribution is 5.91. The van der Waals surface area contributed by atoms with E-state index in [1.54, 1.807) is 6.92 Å². The van der Waals surface area contributed by atoms with E-state index in [0.717, 1.165) is 0 Å². The fourth-order valence-corrected chi connectivity index (χ4v) is 2.57. The third kappa shape index (κ3) is 2.60. The molecule has 3 N–H and O–H groups in total. The number of carbonyl (C=O) groups excluding carboxylic acids is 1. The van der Waals surface area contributed by atoms with Crippen LogP contribution in [0, 0.1) is 5.41 Å². The summed E-state index contributed by atoms with van der Waals surface area (Å²) in [6, 6.07) is 0. The van der Waals surface area contributed by atoms with Gasteiger partial charge in [-0.1, -0.05) is 13.8 Å². The lowest BCUT2D eigenvalue weighted by molar-refractivity contribution is -0.180. The van der Waals surface area contributed by atoms with Crippen LogP contribution in [0.25, 0.3) is 0 Å². The Balaban J connectivity index is 2.84. The Hall–Kier alpha value is -1.14. The van der Waals surface area contributed by atoms with Crippen LogP contribution in [0.4, 0.5) is 0 Å². The van der Waals surface area contributed by atoms with Crippen molar-refractivity contribution in [1.82, 2.24) is 4.90 Å². The van der Waals surface area contributed by atoms with Gasteiger partial charge in [0.2, 0.25) is 5.91 Å². The summed E-state index contributed by atoms with van der Waals surface area (Å²) in [7, 11) is 0. The molecule has 0 spiro atoms. The van der Waals surface area contributed by atoms with Crippen molar-refractivity contribution in [2.45, 2.75) is 45.8 Å². The normalized spacial score (nSPS) is 28.6. The molecule has 0 bridgehead atoms. The van der Waals surface area contributed by atoms with Crippen LogP contribution in [0.2, 0.25) is 0 Å². The Morgan fingerprint density at radius 1 is 1.42 bits per heavy atom. The van der Waals surface area contributed by atoms with Crippen LogP contribution in [0.15, 0.2) is 0 Å². The zero-order chi connectivity index (χ0) is 14.8. The molecule has 1 rings (SSSR count). The Morgan fingerprint density at radius 2 is 2.00 bits per heavy atom. The summed E-state index contributed by atoms with van der Waals surface area (Å²) in [6.07, 6.45) is 0.373. The summed E-state index contributed by atoms with van der Waals surface area (Å²) in [5.74, 6) is -1.34. The van der Waals surface area contributed by atoms with Crippen LogP contribution in [0.5, 0.6) is 0 Å². The zero-order valence-electron chi connectivity index (χ0n) is 12.1. The minimum absolute atomic E-state index is 0.0602. The summed E-state index contributed by atoms with van der Waals surface area (Å²) < 4.78 is 5.57. The van der Waals surface area contributed by atoms with Gasteiger partial charge in [-0.2, -0.15) is 0 Å². The van der Waals surface area contributed by atoms with Crippen molar-refractivity contribution >= 4 is 11.9 Å². The molecule has 1 saturated carbocycles. The maximum absolute atomic E-state index is 12.5. The molecule has 0 saturated heterocycles. The molecule has 2 atom stereocenters. The molecular weight excluding hydrogens is 248 g/mol. The molecule has 2 unspecified atom stereocenters. The molecule has 1 aliphatic rings. The maximum Gasteiger partial charge on any atom is 0.323 e. The summed E-state index contributed by atoms with van der Waals surface area (Å²) >= 11 is 0. The number of carbonyl (C=O) groups is 2. The number of carboxylic acids is 1. The van der Waals surface area contributed by atoms with Gasteiger partial charge in [0.15, 0.2) is 0 Å². The molecule has 0 aromatic rings. The van der Waals surface area contributed by atoms with Crippen LogP contribution < -0.4 is 5.73 Å². The first-order valence-corrected chi connectivity index (χ1v) is 6.62. The molecule has 0 aliphatic heterocycles. The second kappa shape index (κ2) is 5.46. The van der Waals surface area contributed by atoms with E-state index < -0.39 is 16.9 Å². The van der Waals surface area contributed by atoms with Crippen molar-refractivity contribution < 1.29 is 19.4 Å². The fourth-order valence-electron chi connectivity index (χ4n) is 2.57. The monoisotopic (exact) mass is 272 g/mol. The van der Waals surface area contributed by atoms with Gasteiger partial charge >= 0.3 is 5.97 Å². The van der Waals surface area contributed by atoms with E-state index >= 15 is 0 Å². The summed E-state index contributed by atoms with van der Waals surface area (Å²) in [4.78, 5) is 24.5. The van der Waals surface area contributed by atoms with E-state index in [9.17, 15) is 9.59 Å². The van der Waals surface area contributed by atoms with E-state index in [4.69, 9.17) is 15.6 Å². The lowest BCUT2D eigenvalue weighted by Crippen LogP contribution is -2.76. The van der Waals surface area contributed by atoms with Crippen molar-refractivity contribution in [1.29, 1.82) is 0 Å². The molecule has 6 nitrogen and oxygen atoms in total. The second-order valence-corrected chi connectivity index (χ2v) is 5.55. The lowest BCUT2D eigenvalue weighted by atomic mass is 9.54. The van der Waals surface area contributed by atoms with Gasteiger partial charge in [0, 0.05) is 25.0 Å². The van der Waals surface area contributed by atoms with Gasteiger partial charge in [-0.25, -0.2) is 0 Å². The standard InChI is InChI=1S/C13H24N2O4/c1-5-15(8-10(16)17)11(18)13(14)7-9(19-6-2)12(13,3)4/h9H,5-8,14H2,1-4H3,(H,16,17). The minimum atomic E-state index is -1.04. The van der Waals surface area contributed by atoms with E-state index in [1.165, 1.54) is 4.90 Å². The van der Waals surface area contributed by atoms with Gasteiger partial charge in [-0.3, -0.25) is 9.59 Å². The van der Waals surface area contributed by atoms with E-state index in [1.807, 2.05) is 20.8 Å². The summed E-state index contributed by atoms with van der Waals surface area (Å²) in [5, 5.41) is 8.83. The van der Waals surface area contributed by atoms with Crippen molar-refractivity contribution in [2.24, 2.45) is 11.1 Å². The van der Waals surface area contributed by atoms with Crippen molar-refractivity contribution in [3.8, 4) is 0 Å². The number of hydrogen-bond donors (Lipinski definition) is 2. The maximum atomic E-state index is 12.5. The number of nitrogens with two attached hydrogens (primary N) is 1. The highest BCUT2D eigenvalue weighted by Gasteiger charge is 2.63. The van der Waals surface area contributed by atoms with E-state index in [-0.39, 0.29) is 18.6 Å². The lowest BCUT2D eigenvalue weighted by Gasteiger charge is -2.58. The SMILES string of the molecule is CCOC1CC(N)(C(=O)N(CC)CC(=O)O)C1(C)C. The molecule has 1 aliphatic carbocycles. The number of ether oxygens (including phenoxy) is 1. The Morgan fingerprint density at radius 3 is 2.37 bits per heavy atom. The Labute approximate surface area is 113 Å². The van der Waals surface area contributed by atoms with E-state index in [0.29, 0.717) is 19.6 Å². The number of carboxylic acid groups (broad SMARTS) is 1. The Bertz CT molecular complexity index is 370. The largest absolute Gasteiger partial charge is 0.480 e. The molecule has 0 heterocycles. The first-order chi connectivity index (χ1) is 8.70. The number of nitrogens with zero attached hydrogens (tertiary/aromatic N) is 1. The number of rotatable bonds is 6. The summed E-state index contributed by atoms with van der Waals surface area (Å²) in [6.45, 7) is 8.02. The topological polar surface area (TPSA) is 92.9 Å². The fraction of sp³-hybridized carbons (Fsp3) is 0.846. The van der Waals surface area contributed by atoms with Gasteiger partial charge in [-0.15, -0.1) is 0 Å². The number of aliphatic carboxylic acids is 1. The Kier molecular flexibility index (Phi) is 4.58. The predicted octanol–water partition coefficient (Wildman–Crippen LogP) is 0.452. The molecule has 19 heavy (non-hydrogen) atoms. The molecule has 0 aromatic heterocycles. The van der Waals surface area contributed by atoms with Gasteiger partial charge in [-0.05, 0) is 13.8 Å². The number of amides is 1. The number of likely N-dealkylation sites (N-methyl/N-ethyl adjacent to an activating group) is 1. The molecule has 1 fully saturated rings. The average Bonchev–Trinajstić information content (AvgIpc) is 2.34. The van der Waals surface area contributed by atoms with Crippen LogP contribution in [-0.2, 0) is 14.3 Å². The average molecular weight is 272 g/mol. The van der Waals surface area contributed by atoms with Crippen molar-refractivity contribution in [2.75, 3.05) is 19.7 Å². The van der Waals surface area contributed by atoms with Crippen molar-refractivity contribution in [3.05, 3.63) is 0 Å². The smallest absolute Gasteiger partial charge is 0.323 e. The zero-order valence-corrected chi connectivity index (χ0v) is 12.1. The van der Waals surface area contributed by atoms with Crippen LogP contribution in [0.1, 0.15) is 34.1 Å². The second-order valence-electron chi connectivity index (χ2n) is 5.55. The molecular formula is C13H24N2O4. The molecule has 110 valence electrons. The van der Waals surface area contributed by atoms with Gasteiger partial charge < -0.3 is 20.5 Å². The van der Waals surface area contributed by atoms with Gasteiger partial charge in [0.05, 0.1) is 6.10 Å². The van der Waals surface area contributed by atoms with Gasteiger partial charge in [0.25, 0.3) is 0 Å². The molecule has 0 aromatic carbocycles. The molecule has 6 heteroatoms. The minimum Gasteiger partial charge on any atom is -0.480 e. The van der Waals surface area contributed by atoms with E-state index in [2.05, 4.69) is 0 Å². The van der Waals surface area contributed by atoms with Gasteiger partial charge in [0.1, 0.15) is 12.1 Å². The van der Waals surface area contributed by atoms with Crippen LogP contribution in [0.3, 0.4) is 0 Å². The highest BCUT2D eigenvalue weighted by Crippen LogP contribution is 2.50. The quantitative estimate of drug-likeness (QED) is 0.732. The molecule has 0 radical (unpaired) electrons. The highest BCUT2D eigenvalue weighted by atomic mass is 16.5. The summed E-state index contributed by atoms with van der Waals surface area (Å²) in [5.41, 5.74) is 4.70. The van der Waals surface area contributed by atoms with Crippen molar-refractivity contribution in [3.63, 3.8) is 0 Å². The predicted molar refractivity (Wildman–Crippen MR) is 70.6 cm³/mol. The number of hydrogen-bond acceptors (Lipinski definition) is 4. The first-order valence-electron chi connectivity index (χ1n) is 6.62. The third-order valence-corrected chi connectivity index (χ3v) is 4.21.